The van der Waals surface area contributed by atoms with E-state index in [0.717, 1.165) is 27.6 Å². The Labute approximate surface area is 140 Å². The van der Waals surface area contributed by atoms with Crippen molar-refractivity contribution in [1.82, 2.24) is 4.98 Å². The molecular formula is C19H21N3O2. The minimum absolute atomic E-state index is 0.233. The summed E-state index contributed by atoms with van der Waals surface area (Å²) >= 11 is 0. The molecule has 0 radical (unpaired) electrons. The molecule has 3 aromatic rings. The molecule has 6 N–H and O–H groups in total. The molecule has 1 heterocycles. The largest absolute Gasteiger partial charge is 0.384 e. The summed E-state index contributed by atoms with van der Waals surface area (Å²) in [5.74, 6) is -0.752. The molecule has 5 nitrogen and oxygen atoms in total. The van der Waals surface area contributed by atoms with Crippen LogP contribution in [0.1, 0.15) is 22.8 Å². The summed E-state index contributed by atoms with van der Waals surface area (Å²) < 4.78 is 0. The van der Waals surface area contributed by atoms with Gasteiger partial charge in [0, 0.05) is 18.3 Å². The lowest BCUT2D eigenvalue weighted by atomic mass is 9.95. The Morgan fingerprint density at radius 1 is 1.08 bits per heavy atom. The van der Waals surface area contributed by atoms with E-state index in [0.29, 0.717) is 6.42 Å². The fraction of sp³-hybridized carbons (Fsp3) is 0.211. The highest BCUT2D eigenvalue weighted by Gasteiger charge is 2.15. The first-order valence-corrected chi connectivity index (χ1v) is 7.92. The van der Waals surface area contributed by atoms with E-state index < -0.39 is 6.10 Å². The summed E-state index contributed by atoms with van der Waals surface area (Å²) in [6.07, 6.45) is 1.69. The Morgan fingerprint density at radius 2 is 1.79 bits per heavy atom. The third-order valence-electron chi connectivity index (χ3n) is 4.36. The number of rotatable bonds is 6. The summed E-state index contributed by atoms with van der Waals surface area (Å²) in [7, 11) is 0. The summed E-state index contributed by atoms with van der Waals surface area (Å²) in [5, 5.41) is 11.7. The van der Waals surface area contributed by atoms with Gasteiger partial charge in [-0.1, -0.05) is 30.3 Å². The molecule has 0 aliphatic carbocycles. The summed E-state index contributed by atoms with van der Waals surface area (Å²) in [5.41, 5.74) is 14.6. The van der Waals surface area contributed by atoms with Crippen LogP contribution in [0.5, 0.6) is 0 Å². The van der Waals surface area contributed by atoms with Gasteiger partial charge in [0.05, 0.1) is 5.92 Å². The predicted molar refractivity (Wildman–Crippen MR) is 94.2 cm³/mol. The Kier molecular flexibility index (Phi) is 4.64. The van der Waals surface area contributed by atoms with Crippen LogP contribution in [0, 0.1) is 5.92 Å². The first-order valence-electron chi connectivity index (χ1n) is 7.92. The van der Waals surface area contributed by atoms with Crippen molar-refractivity contribution in [3.8, 4) is 0 Å². The molecule has 1 amide bonds. The van der Waals surface area contributed by atoms with Gasteiger partial charge in [0.1, 0.15) is 6.10 Å². The second-order valence-corrected chi connectivity index (χ2v) is 6.01. The molecule has 0 fully saturated rings. The molecule has 0 saturated heterocycles. The van der Waals surface area contributed by atoms with Gasteiger partial charge < -0.3 is 21.6 Å². The first kappa shape index (κ1) is 16.2. The van der Waals surface area contributed by atoms with Gasteiger partial charge in [0.25, 0.3) is 0 Å². The van der Waals surface area contributed by atoms with Gasteiger partial charge >= 0.3 is 0 Å². The predicted octanol–water partition coefficient (Wildman–Crippen LogP) is 1.85. The molecular weight excluding hydrogens is 302 g/mol. The average Bonchev–Trinajstić information content (AvgIpc) is 3.07. The lowest BCUT2D eigenvalue weighted by Crippen LogP contribution is -2.31. The number of aromatic amines is 1. The number of carbonyl (C=O) groups excluding carboxylic acids is 1. The van der Waals surface area contributed by atoms with Crippen molar-refractivity contribution in [1.29, 1.82) is 0 Å². The van der Waals surface area contributed by atoms with Crippen LogP contribution in [0.3, 0.4) is 0 Å². The summed E-state index contributed by atoms with van der Waals surface area (Å²) in [6.45, 7) is 0.233. The van der Waals surface area contributed by atoms with E-state index in [1.807, 2.05) is 54.7 Å². The first-order chi connectivity index (χ1) is 11.6. The number of nitrogens with one attached hydrogen (secondary N) is 1. The Hall–Kier alpha value is -2.63. The van der Waals surface area contributed by atoms with Gasteiger partial charge in [-0.2, -0.15) is 0 Å². The zero-order valence-electron chi connectivity index (χ0n) is 13.3. The van der Waals surface area contributed by atoms with E-state index in [2.05, 4.69) is 4.98 Å². The SMILES string of the molecule is NC[C@H](Cc1ccc(C(O)c2ccc3[nH]ccc3c2)cc1)C(N)=O. The molecule has 124 valence electrons. The summed E-state index contributed by atoms with van der Waals surface area (Å²) in [4.78, 5) is 14.4. The minimum Gasteiger partial charge on any atom is -0.384 e. The van der Waals surface area contributed by atoms with Gasteiger partial charge in [-0.15, -0.1) is 0 Å². The van der Waals surface area contributed by atoms with Crippen molar-refractivity contribution in [3.05, 3.63) is 71.4 Å². The van der Waals surface area contributed by atoms with Crippen LogP contribution in [0.2, 0.25) is 0 Å². The van der Waals surface area contributed by atoms with Crippen molar-refractivity contribution in [2.45, 2.75) is 12.5 Å². The zero-order valence-corrected chi connectivity index (χ0v) is 13.3. The fourth-order valence-electron chi connectivity index (χ4n) is 2.85. The number of primary amides is 1. The second kappa shape index (κ2) is 6.86. The molecule has 1 unspecified atom stereocenters. The van der Waals surface area contributed by atoms with Crippen LogP contribution < -0.4 is 11.5 Å². The fourth-order valence-corrected chi connectivity index (χ4v) is 2.85. The maximum atomic E-state index is 11.3. The van der Waals surface area contributed by atoms with Crippen LogP contribution in [-0.4, -0.2) is 22.5 Å². The number of aromatic nitrogens is 1. The second-order valence-electron chi connectivity index (χ2n) is 6.01. The Balaban J connectivity index is 1.78. The summed E-state index contributed by atoms with van der Waals surface area (Å²) in [6, 6.07) is 15.4. The highest BCUT2D eigenvalue weighted by molar-refractivity contribution is 5.80. The number of aliphatic hydroxyl groups is 1. The molecule has 0 aliphatic heterocycles. The van der Waals surface area contributed by atoms with E-state index in [4.69, 9.17) is 11.5 Å². The average molecular weight is 323 g/mol. The lowest BCUT2D eigenvalue weighted by Gasteiger charge is -2.14. The zero-order chi connectivity index (χ0) is 17.1. The number of hydrogen-bond acceptors (Lipinski definition) is 3. The smallest absolute Gasteiger partial charge is 0.222 e. The highest BCUT2D eigenvalue weighted by Crippen LogP contribution is 2.25. The molecule has 1 aromatic heterocycles. The van der Waals surface area contributed by atoms with E-state index in [1.54, 1.807) is 0 Å². The van der Waals surface area contributed by atoms with Crippen molar-refractivity contribution in [2.75, 3.05) is 6.54 Å². The van der Waals surface area contributed by atoms with E-state index >= 15 is 0 Å². The van der Waals surface area contributed by atoms with Crippen molar-refractivity contribution >= 4 is 16.8 Å². The Morgan fingerprint density at radius 3 is 2.46 bits per heavy atom. The Bertz CT molecular complexity index is 839. The van der Waals surface area contributed by atoms with Crippen LogP contribution in [-0.2, 0) is 11.2 Å². The van der Waals surface area contributed by atoms with Crippen LogP contribution >= 0.6 is 0 Å². The van der Waals surface area contributed by atoms with E-state index in [9.17, 15) is 9.90 Å². The molecule has 2 aromatic carbocycles. The lowest BCUT2D eigenvalue weighted by molar-refractivity contribution is -0.121. The quantitative estimate of drug-likeness (QED) is 0.556. The number of benzene rings is 2. The van der Waals surface area contributed by atoms with E-state index in [1.165, 1.54) is 0 Å². The topological polar surface area (TPSA) is 105 Å². The number of hydrogen-bond donors (Lipinski definition) is 4. The molecule has 2 atom stereocenters. The van der Waals surface area contributed by atoms with Gasteiger partial charge in [0.15, 0.2) is 0 Å². The van der Waals surface area contributed by atoms with Crippen molar-refractivity contribution in [3.63, 3.8) is 0 Å². The molecule has 24 heavy (non-hydrogen) atoms. The van der Waals surface area contributed by atoms with Gasteiger partial charge in [-0.25, -0.2) is 0 Å². The maximum Gasteiger partial charge on any atom is 0.222 e. The maximum absolute atomic E-state index is 11.3. The molecule has 0 saturated carbocycles. The monoisotopic (exact) mass is 323 g/mol. The molecule has 0 bridgehead atoms. The standard InChI is InChI=1S/C19H21N3O2/c20-11-16(19(21)24)9-12-1-3-13(4-2-12)18(23)15-5-6-17-14(10-15)7-8-22-17/h1-8,10,16,18,22-23H,9,11,20H2,(H2,21,24)/t16-,18?/m0/s1. The number of fused-ring (bicyclic) bond motifs is 1. The third-order valence-corrected chi connectivity index (χ3v) is 4.36. The third kappa shape index (κ3) is 3.32. The van der Waals surface area contributed by atoms with Gasteiger partial charge in [-0.05, 0) is 46.7 Å². The molecule has 0 aliphatic rings. The highest BCUT2D eigenvalue weighted by atomic mass is 16.3. The minimum atomic E-state index is -0.695. The number of carbonyl (C=O) groups is 1. The van der Waals surface area contributed by atoms with Crippen molar-refractivity contribution in [2.24, 2.45) is 17.4 Å². The van der Waals surface area contributed by atoms with Crippen LogP contribution in [0.15, 0.2) is 54.7 Å². The molecule has 5 heteroatoms. The van der Waals surface area contributed by atoms with Crippen LogP contribution in [0.4, 0.5) is 0 Å². The number of amides is 1. The number of nitrogens with two attached hydrogens (primary N) is 2. The normalized spacial score (nSPS) is 13.8. The van der Waals surface area contributed by atoms with E-state index in [-0.39, 0.29) is 18.4 Å². The van der Waals surface area contributed by atoms with Crippen LogP contribution in [0.25, 0.3) is 10.9 Å². The van der Waals surface area contributed by atoms with Gasteiger partial charge in [-0.3, -0.25) is 4.79 Å². The number of H-pyrrole nitrogens is 1. The number of aliphatic hydroxyl groups excluding tert-OH is 1. The van der Waals surface area contributed by atoms with Gasteiger partial charge in [0.2, 0.25) is 5.91 Å². The van der Waals surface area contributed by atoms with Crippen molar-refractivity contribution < 1.29 is 9.90 Å². The molecule has 0 spiro atoms. The molecule has 3 rings (SSSR count).